The van der Waals surface area contributed by atoms with E-state index < -0.39 is 5.60 Å². The van der Waals surface area contributed by atoms with Crippen LogP contribution in [0.2, 0.25) is 0 Å². The summed E-state index contributed by atoms with van der Waals surface area (Å²) in [6.07, 6.45) is 3.30. The van der Waals surface area contributed by atoms with E-state index in [9.17, 15) is 14.0 Å². The third-order valence-electron chi connectivity index (χ3n) is 6.01. The van der Waals surface area contributed by atoms with Crippen molar-refractivity contribution in [1.82, 2.24) is 15.1 Å². The number of benzene rings is 1. The molecule has 1 N–H and O–H groups in total. The number of hydrogen-bond acceptors (Lipinski definition) is 4. The number of likely N-dealkylation sites (tertiary alicyclic amines) is 2. The highest BCUT2D eigenvalue weighted by Crippen LogP contribution is 2.24. The highest BCUT2D eigenvalue weighted by atomic mass is 19.1. The van der Waals surface area contributed by atoms with Crippen LogP contribution in [0.15, 0.2) is 24.3 Å². The van der Waals surface area contributed by atoms with E-state index in [0.717, 1.165) is 57.4 Å². The Morgan fingerprint density at radius 1 is 1.16 bits per heavy atom. The molecule has 3 rings (SSSR count). The second kappa shape index (κ2) is 10.4. The van der Waals surface area contributed by atoms with Gasteiger partial charge in [-0.05, 0) is 76.6 Å². The molecule has 2 saturated heterocycles. The summed E-state index contributed by atoms with van der Waals surface area (Å²) < 4.78 is 18.7. The Bertz CT molecular complexity index is 757. The minimum atomic E-state index is -0.498. The van der Waals surface area contributed by atoms with Crippen molar-refractivity contribution in [1.29, 1.82) is 0 Å². The monoisotopic (exact) mass is 433 g/mol. The molecule has 0 aromatic heterocycles. The van der Waals surface area contributed by atoms with E-state index in [0.29, 0.717) is 19.0 Å². The summed E-state index contributed by atoms with van der Waals surface area (Å²) in [5.74, 6) is 0.403. The first-order valence-corrected chi connectivity index (χ1v) is 11.4. The zero-order valence-electron chi connectivity index (χ0n) is 19.0. The molecule has 2 amide bonds. The first-order valence-electron chi connectivity index (χ1n) is 11.4. The van der Waals surface area contributed by atoms with Gasteiger partial charge >= 0.3 is 6.09 Å². The average Bonchev–Trinajstić information content (AvgIpc) is 2.71. The molecule has 1 unspecified atom stereocenters. The van der Waals surface area contributed by atoms with Crippen molar-refractivity contribution in [3.05, 3.63) is 35.6 Å². The van der Waals surface area contributed by atoms with Gasteiger partial charge in [0.25, 0.3) is 0 Å². The van der Waals surface area contributed by atoms with Crippen LogP contribution in [0.3, 0.4) is 0 Å². The second-order valence-electron chi connectivity index (χ2n) is 9.86. The van der Waals surface area contributed by atoms with Crippen molar-refractivity contribution < 1.29 is 18.7 Å². The van der Waals surface area contributed by atoms with Gasteiger partial charge in [-0.15, -0.1) is 0 Å². The van der Waals surface area contributed by atoms with Crippen LogP contribution in [-0.4, -0.2) is 60.1 Å². The zero-order chi connectivity index (χ0) is 22.4. The topological polar surface area (TPSA) is 61.9 Å². The van der Waals surface area contributed by atoms with Crippen LogP contribution >= 0.6 is 0 Å². The molecule has 1 aromatic rings. The summed E-state index contributed by atoms with van der Waals surface area (Å²) in [5.41, 5.74) is 0.453. The molecule has 0 radical (unpaired) electrons. The van der Waals surface area contributed by atoms with Gasteiger partial charge in [0.05, 0.1) is 5.92 Å². The highest BCUT2D eigenvalue weighted by Gasteiger charge is 2.31. The molecule has 7 heteroatoms. The maximum Gasteiger partial charge on any atom is 0.407 e. The molecule has 0 aliphatic carbocycles. The van der Waals surface area contributed by atoms with E-state index in [1.165, 1.54) is 6.07 Å². The van der Waals surface area contributed by atoms with Gasteiger partial charge in [-0.25, -0.2) is 9.18 Å². The third-order valence-corrected chi connectivity index (χ3v) is 6.01. The largest absolute Gasteiger partial charge is 0.444 e. The molecule has 2 aliphatic rings. The summed E-state index contributed by atoms with van der Waals surface area (Å²) in [7, 11) is 0. The van der Waals surface area contributed by atoms with Crippen LogP contribution in [0.4, 0.5) is 9.18 Å². The second-order valence-corrected chi connectivity index (χ2v) is 9.86. The van der Waals surface area contributed by atoms with E-state index in [4.69, 9.17) is 4.74 Å². The number of halogens is 1. The summed E-state index contributed by atoms with van der Waals surface area (Å²) in [4.78, 5) is 29.2. The molecule has 0 bridgehead atoms. The number of alkyl carbamates (subject to hydrolysis) is 1. The number of hydrogen-bond donors (Lipinski definition) is 1. The SMILES string of the molecule is CC(C)(C)OC(=O)NCC1CCN(C(=O)C2CCCN(Cc3cccc(F)c3)C2)CC1. The molecular weight excluding hydrogens is 397 g/mol. The van der Waals surface area contributed by atoms with Crippen LogP contribution in [0.5, 0.6) is 0 Å². The molecule has 1 atom stereocenters. The fourth-order valence-electron chi connectivity index (χ4n) is 4.45. The van der Waals surface area contributed by atoms with Gasteiger partial charge in [-0.3, -0.25) is 9.69 Å². The predicted octanol–water partition coefficient (Wildman–Crippen LogP) is 3.80. The van der Waals surface area contributed by atoms with E-state index in [1.807, 2.05) is 31.7 Å². The first-order chi connectivity index (χ1) is 14.7. The van der Waals surface area contributed by atoms with Crippen molar-refractivity contribution in [3.63, 3.8) is 0 Å². The number of carbonyl (C=O) groups excluding carboxylic acids is 2. The van der Waals surface area contributed by atoms with E-state index >= 15 is 0 Å². The Balaban J connectivity index is 1.42. The molecule has 172 valence electrons. The molecule has 2 heterocycles. The highest BCUT2D eigenvalue weighted by molar-refractivity contribution is 5.79. The third kappa shape index (κ3) is 7.49. The fourth-order valence-corrected chi connectivity index (χ4v) is 4.45. The fraction of sp³-hybridized carbons (Fsp3) is 0.667. The van der Waals surface area contributed by atoms with Gasteiger partial charge in [-0.1, -0.05) is 12.1 Å². The van der Waals surface area contributed by atoms with Gasteiger partial charge < -0.3 is 15.0 Å². The number of ether oxygens (including phenoxy) is 1. The Labute approximate surface area is 185 Å². The lowest BCUT2D eigenvalue weighted by Crippen LogP contribution is -2.48. The van der Waals surface area contributed by atoms with Crippen LogP contribution in [0.25, 0.3) is 0 Å². The standard InChI is InChI=1S/C24H36FN3O3/c1-24(2,3)31-23(30)26-15-18-9-12-28(13-10-18)22(29)20-7-5-11-27(17-20)16-19-6-4-8-21(25)14-19/h4,6,8,14,18,20H,5,7,9-13,15-17H2,1-3H3,(H,26,30). The Morgan fingerprint density at radius 2 is 1.90 bits per heavy atom. The van der Waals surface area contributed by atoms with E-state index in [-0.39, 0.29) is 23.7 Å². The maximum atomic E-state index is 13.5. The van der Waals surface area contributed by atoms with Gasteiger partial charge in [0.1, 0.15) is 11.4 Å². The molecule has 2 aliphatic heterocycles. The van der Waals surface area contributed by atoms with Gasteiger partial charge in [0.2, 0.25) is 5.91 Å². The molecular formula is C24H36FN3O3. The van der Waals surface area contributed by atoms with Crippen molar-refractivity contribution in [2.24, 2.45) is 11.8 Å². The van der Waals surface area contributed by atoms with Crippen molar-refractivity contribution in [2.45, 2.75) is 58.6 Å². The molecule has 2 fully saturated rings. The quantitative estimate of drug-likeness (QED) is 0.767. The smallest absolute Gasteiger partial charge is 0.407 e. The van der Waals surface area contributed by atoms with Crippen molar-refractivity contribution >= 4 is 12.0 Å². The minimum Gasteiger partial charge on any atom is -0.444 e. The lowest BCUT2D eigenvalue weighted by molar-refractivity contribution is -0.138. The summed E-state index contributed by atoms with van der Waals surface area (Å²) in [6.45, 7) is 9.96. The van der Waals surface area contributed by atoms with E-state index in [2.05, 4.69) is 10.2 Å². The maximum absolute atomic E-state index is 13.5. The van der Waals surface area contributed by atoms with Crippen molar-refractivity contribution in [2.75, 3.05) is 32.7 Å². The van der Waals surface area contributed by atoms with Crippen LogP contribution in [0.1, 0.15) is 52.0 Å². The van der Waals surface area contributed by atoms with Gasteiger partial charge in [0.15, 0.2) is 0 Å². The molecule has 31 heavy (non-hydrogen) atoms. The number of nitrogens with one attached hydrogen (secondary N) is 1. The van der Waals surface area contributed by atoms with Gasteiger partial charge in [-0.2, -0.15) is 0 Å². The Kier molecular flexibility index (Phi) is 7.92. The van der Waals surface area contributed by atoms with Crippen LogP contribution in [-0.2, 0) is 16.1 Å². The van der Waals surface area contributed by atoms with E-state index in [1.54, 1.807) is 12.1 Å². The Morgan fingerprint density at radius 3 is 2.58 bits per heavy atom. The number of rotatable bonds is 5. The summed E-state index contributed by atoms with van der Waals surface area (Å²) in [5, 5.41) is 2.85. The number of nitrogens with zero attached hydrogens (tertiary/aromatic N) is 2. The summed E-state index contributed by atoms with van der Waals surface area (Å²) >= 11 is 0. The predicted molar refractivity (Wildman–Crippen MR) is 118 cm³/mol. The Hall–Kier alpha value is -2.15. The lowest BCUT2D eigenvalue weighted by atomic mass is 9.92. The van der Waals surface area contributed by atoms with Gasteiger partial charge in [0, 0.05) is 32.7 Å². The first kappa shape index (κ1) is 23.5. The van der Waals surface area contributed by atoms with Crippen LogP contribution < -0.4 is 5.32 Å². The molecule has 0 saturated carbocycles. The van der Waals surface area contributed by atoms with Crippen LogP contribution in [0, 0.1) is 17.7 Å². The number of piperidine rings is 2. The number of carbonyl (C=O) groups is 2. The lowest BCUT2D eigenvalue weighted by Gasteiger charge is -2.38. The number of amides is 2. The molecule has 1 aromatic carbocycles. The molecule has 6 nitrogen and oxygen atoms in total. The minimum absolute atomic E-state index is 0.0127. The average molecular weight is 434 g/mol. The summed E-state index contributed by atoms with van der Waals surface area (Å²) in [6, 6.07) is 6.70. The normalized spacial score (nSPS) is 21.0. The molecule has 0 spiro atoms. The van der Waals surface area contributed by atoms with Crippen molar-refractivity contribution in [3.8, 4) is 0 Å². The zero-order valence-corrected chi connectivity index (χ0v) is 19.0.